The van der Waals surface area contributed by atoms with Crippen LogP contribution in [0, 0.1) is 17.8 Å². The van der Waals surface area contributed by atoms with E-state index in [1.165, 1.54) is 25.4 Å². The molecular formula is C36H46N6O7S2. The average Bonchev–Trinajstić information content (AvgIpc) is 3.38. The van der Waals surface area contributed by atoms with Crippen molar-refractivity contribution in [1.82, 2.24) is 29.2 Å². The topological polar surface area (TPSA) is 160 Å². The maximum Gasteiger partial charge on any atom is 0.303 e. The van der Waals surface area contributed by atoms with Gasteiger partial charge in [0.25, 0.3) is 5.91 Å². The number of fused-ring (bicyclic) bond motifs is 3. The molecule has 13 nitrogen and oxygen atoms in total. The van der Waals surface area contributed by atoms with Crippen LogP contribution in [-0.4, -0.2) is 91.8 Å². The van der Waals surface area contributed by atoms with Crippen LogP contribution in [-0.2, 0) is 24.6 Å². The lowest BCUT2D eigenvalue weighted by atomic mass is 9.93. The number of carbonyl (C=O) groups is 3. The van der Waals surface area contributed by atoms with E-state index in [-0.39, 0.29) is 37.0 Å². The van der Waals surface area contributed by atoms with Crippen LogP contribution >= 0.6 is 11.3 Å². The Hall–Kier alpha value is -4.08. The normalized spacial score (nSPS) is 26.3. The van der Waals surface area contributed by atoms with Gasteiger partial charge < -0.3 is 19.7 Å². The Bertz CT molecular complexity index is 1960. The van der Waals surface area contributed by atoms with Crippen molar-refractivity contribution < 1.29 is 32.3 Å². The molecule has 2 aromatic heterocycles. The molecule has 2 saturated carbocycles. The monoisotopic (exact) mass is 738 g/mol. The van der Waals surface area contributed by atoms with Crippen molar-refractivity contribution in [1.29, 1.82) is 0 Å². The Morgan fingerprint density at radius 3 is 2.61 bits per heavy atom. The molecule has 0 bridgehead atoms. The standard InChI is InChI=1S/C36H46N6O7S2/c1-21(2)30-20-50-33(38-30)29-18-31(25-13-12-23(48-6)17-28(25)37-29)49-24-15-26-27(16-24)34(44)42(5)14-10-8-7-9-11-22-19-36(22,39-32(26)43)35(45)40-51(46,47)41(3)4/h9,11-13,17-18,20-22,24,26-27H,7-8,10,14-16,19H2,1-6H3,(H,39,43)(H,40,45)/b11-9-/t22-,24-,26-,27-,36-/m1/s1. The largest absolute Gasteiger partial charge is 0.497 e. The van der Waals surface area contributed by atoms with E-state index in [0.717, 1.165) is 39.7 Å². The zero-order chi connectivity index (χ0) is 36.7. The molecule has 3 aliphatic rings. The lowest BCUT2D eigenvalue weighted by Gasteiger charge is -2.27. The van der Waals surface area contributed by atoms with Gasteiger partial charge in [-0.1, -0.05) is 26.0 Å². The number of methoxy groups -OCH3 is 1. The van der Waals surface area contributed by atoms with Crippen molar-refractivity contribution in [3.8, 4) is 22.2 Å². The number of amides is 3. The number of rotatable bonds is 8. The van der Waals surface area contributed by atoms with E-state index in [1.54, 1.807) is 19.1 Å². The Kier molecular flexibility index (Phi) is 10.4. The van der Waals surface area contributed by atoms with E-state index in [4.69, 9.17) is 19.4 Å². The Morgan fingerprint density at radius 1 is 1.14 bits per heavy atom. The predicted molar refractivity (Wildman–Crippen MR) is 194 cm³/mol. The van der Waals surface area contributed by atoms with Crippen molar-refractivity contribution in [2.45, 2.75) is 69.9 Å². The molecule has 2 N–H and O–H groups in total. The highest BCUT2D eigenvalue weighted by molar-refractivity contribution is 7.87. The number of nitrogens with zero attached hydrogens (tertiary/aromatic N) is 4. The third-order valence-corrected chi connectivity index (χ3v) is 12.4. The van der Waals surface area contributed by atoms with Gasteiger partial charge in [-0.3, -0.25) is 14.4 Å². The molecule has 0 radical (unpaired) electrons. The molecule has 0 unspecified atom stereocenters. The molecule has 3 amide bonds. The van der Waals surface area contributed by atoms with Gasteiger partial charge in [0.15, 0.2) is 0 Å². The van der Waals surface area contributed by atoms with Crippen LogP contribution in [0.5, 0.6) is 11.5 Å². The molecule has 0 saturated heterocycles. The van der Waals surface area contributed by atoms with E-state index in [9.17, 15) is 22.8 Å². The zero-order valence-electron chi connectivity index (χ0n) is 29.8. The fraction of sp³-hybridized carbons (Fsp3) is 0.528. The van der Waals surface area contributed by atoms with Crippen molar-refractivity contribution in [3.05, 3.63) is 47.5 Å². The number of thiazole rings is 1. The first-order chi connectivity index (χ1) is 24.2. The highest BCUT2D eigenvalue weighted by atomic mass is 32.2. The number of allylic oxidation sites excluding steroid dienone is 1. The first-order valence-corrected chi connectivity index (χ1v) is 19.6. The second kappa shape index (κ2) is 14.5. The lowest BCUT2D eigenvalue weighted by molar-refractivity contribution is -0.140. The molecule has 15 heteroatoms. The molecule has 2 fully saturated rings. The van der Waals surface area contributed by atoms with Crippen molar-refractivity contribution in [3.63, 3.8) is 0 Å². The number of hydrogen-bond acceptors (Lipinski definition) is 10. The van der Waals surface area contributed by atoms with Crippen LogP contribution in [0.25, 0.3) is 21.6 Å². The summed E-state index contributed by atoms with van der Waals surface area (Å²) in [5.74, 6) is -1.90. The molecular weight excluding hydrogens is 693 g/mol. The molecule has 2 aliphatic carbocycles. The predicted octanol–water partition coefficient (Wildman–Crippen LogP) is 4.26. The molecule has 0 spiro atoms. The van der Waals surface area contributed by atoms with E-state index < -0.39 is 45.5 Å². The Morgan fingerprint density at radius 2 is 1.90 bits per heavy atom. The van der Waals surface area contributed by atoms with Gasteiger partial charge in [-0.25, -0.2) is 14.7 Å². The Balaban J connectivity index is 1.33. The van der Waals surface area contributed by atoms with Crippen LogP contribution in [0.15, 0.2) is 41.8 Å². The molecule has 1 aliphatic heterocycles. The minimum Gasteiger partial charge on any atom is -0.497 e. The van der Waals surface area contributed by atoms with E-state index >= 15 is 0 Å². The zero-order valence-corrected chi connectivity index (χ0v) is 31.5. The Labute approximate surface area is 303 Å². The summed E-state index contributed by atoms with van der Waals surface area (Å²) in [6.07, 6.45) is 6.41. The minimum atomic E-state index is -4.10. The molecule has 3 heterocycles. The summed E-state index contributed by atoms with van der Waals surface area (Å²) in [6.45, 7) is 4.72. The maximum atomic E-state index is 14.2. The third kappa shape index (κ3) is 7.61. The second-order valence-electron chi connectivity index (χ2n) is 14.2. The number of carbonyl (C=O) groups excluding carboxylic acids is 3. The number of ether oxygens (including phenoxy) is 2. The summed E-state index contributed by atoms with van der Waals surface area (Å²) < 4.78 is 40.5. The number of nitrogens with one attached hydrogen (secondary N) is 2. The first-order valence-electron chi connectivity index (χ1n) is 17.3. The minimum absolute atomic E-state index is 0.163. The summed E-state index contributed by atoms with van der Waals surface area (Å²) in [5, 5.41) is 6.43. The van der Waals surface area contributed by atoms with E-state index in [2.05, 4.69) is 23.9 Å². The quantitative estimate of drug-likeness (QED) is 0.322. The van der Waals surface area contributed by atoms with Crippen molar-refractivity contribution in [2.24, 2.45) is 17.8 Å². The second-order valence-corrected chi connectivity index (χ2v) is 17.0. The third-order valence-electron chi connectivity index (χ3n) is 10.1. The SMILES string of the molecule is COc1ccc2c(O[C@@H]3C[C@H]4C(=O)N[C@]5(C(=O)NS(=O)(=O)N(C)C)C[C@H]5/C=C\CCCCN(C)C(=O)[C@@H]4C3)cc(-c3nc(C(C)C)cs3)nc2c1. The molecule has 5 atom stereocenters. The summed E-state index contributed by atoms with van der Waals surface area (Å²) >= 11 is 1.50. The van der Waals surface area contributed by atoms with Crippen LogP contribution in [0.4, 0.5) is 0 Å². The number of pyridine rings is 1. The van der Waals surface area contributed by atoms with E-state index in [0.29, 0.717) is 29.3 Å². The van der Waals surface area contributed by atoms with Crippen LogP contribution < -0.4 is 19.5 Å². The molecule has 51 heavy (non-hydrogen) atoms. The first kappa shape index (κ1) is 36.7. The maximum absolute atomic E-state index is 14.2. The lowest BCUT2D eigenvalue weighted by Crippen LogP contribution is -2.55. The summed E-state index contributed by atoms with van der Waals surface area (Å²) in [5.41, 5.74) is 0.814. The summed E-state index contributed by atoms with van der Waals surface area (Å²) in [4.78, 5) is 53.1. The fourth-order valence-electron chi connectivity index (χ4n) is 6.87. The number of aromatic nitrogens is 2. The molecule has 3 aromatic rings. The number of hydrogen-bond donors (Lipinski definition) is 2. The highest BCUT2D eigenvalue weighted by Gasteiger charge is 2.62. The molecule has 1 aromatic carbocycles. The average molecular weight is 739 g/mol. The van der Waals surface area contributed by atoms with Gasteiger partial charge in [0.2, 0.25) is 11.8 Å². The van der Waals surface area contributed by atoms with Crippen LogP contribution in [0.2, 0.25) is 0 Å². The smallest absolute Gasteiger partial charge is 0.303 e. The van der Waals surface area contributed by atoms with Gasteiger partial charge in [-0.15, -0.1) is 11.3 Å². The van der Waals surface area contributed by atoms with Gasteiger partial charge in [-0.05, 0) is 56.6 Å². The molecule has 274 valence electrons. The highest BCUT2D eigenvalue weighted by Crippen LogP contribution is 2.47. The summed E-state index contributed by atoms with van der Waals surface area (Å²) in [6, 6.07) is 7.40. The molecule has 6 rings (SSSR count). The fourth-order valence-corrected chi connectivity index (χ4v) is 8.41. The van der Waals surface area contributed by atoms with Gasteiger partial charge in [-0.2, -0.15) is 12.7 Å². The van der Waals surface area contributed by atoms with Gasteiger partial charge in [0, 0.05) is 56.5 Å². The van der Waals surface area contributed by atoms with Crippen LogP contribution in [0.1, 0.15) is 64.0 Å². The van der Waals surface area contributed by atoms with E-state index in [1.807, 2.05) is 41.8 Å². The number of benzene rings is 1. The van der Waals surface area contributed by atoms with Crippen molar-refractivity contribution in [2.75, 3.05) is 34.8 Å². The van der Waals surface area contributed by atoms with Crippen LogP contribution in [0.3, 0.4) is 0 Å². The van der Waals surface area contributed by atoms with Gasteiger partial charge in [0.1, 0.15) is 33.8 Å². The van der Waals surface area contributed by atoms with Gasteiger partial charge in [0.05, 0.1) is 30.2 Å². The van der Waals surface area contributed by atoms with Crippen molar-refractivity contribution >= 4 is 50.2 Å². The van der Waals surface area contributed by atoms with Gasteiger partial charge >= 0.3 is 10.2 Å². The summed E-state index contributed by atoms with van der Waals surface area (Å²) in [7, 11) is 1.88.